The van der Waals surface area contributed by atoms with E-state index in [0.29, 0.717) is 11.5 Å². The topological polar surface area (TPSA) is 65.1 Å². The number of hydrogen-bond acceptors (Lipinski definition) is 5. The van der Waals surface area contributed by atoms with Crippen LogP contribution >= 0.6 is 0 Å². The van der Waals surface area contributed by atoms with Gasteiger partial charge in [0.15, 0.2) is 17.6 Å². The van der Waals surface area contributed by atoms with Gasteiger partial charge in [0.1, 0.15) is 6.61 Å². The molecule has 6 heteroatoms. The average Bonchev–Trinajstić information content (AvgIpc) is 2.67. The highest BCUT2D eigenvalue weighted by Crippen LogP contribution is 2.31. The van der Waals surface area contributed by atoms with Crippen molar-refractivity contribution in [3.63, 3.8) is 0 Å². The number of benzene rings is 2. The van der Waals surface area contributed by atoms with E-state index in [0.717, 1.165) is 5.69 Å². The third-order valence-corrected chi connectivity index (χ3v) is 3.89. The number of carbonyl (C=O) groups excluding carboxylic acids is 2. The van der Waals surface area contributed by atoms with Crippen LogP contribution in [-0.4, -0.2) is 37.7 Å². The van der Waals surface area contributed by atoms with Crippen molar-refractivity contribution < 1.29 is 23.8 Å². The second-order valence-electron chi connectivity index (χ2n) is 5.68. The molecular weight excluding hydrogens is 322 g/mol. The molecule has 0 unspecified atom stereocenters. The van der Waals surface area contributed by atoms with Crippen LogP contribution in [0.5, 0.6) is 11.5 Å². The Morgan fingerprint density at radius 2 is 1.72 bits per heavy atom. The van der Waals surface area contributed by atoms with Crippen molar-refractivity contribution in [1.82, 2.24) is 0 Å². The maximum atomic E-state index is 12.4. The molecule has 0 fully saturated rings. The Labute approximate surface area is 145 Å². The minimum atomic E-state index is -0.932. The molecule has 1 aliphatic heterocycles. The summed E-state index contributed by atoms with van der Waals surface area (Å²) in [7, 11) is 1.64. The minimum Gasteiger partial charge on any atom is -0.485 e. The molecule has 0 bridgehead atoms. The van der Waals surface area contributed by atoms with Gasteiger partial charge in [0.25, 0.3) is 5.91 Å². The lowest BCUT2D eigenvalue weighted by molar-refractivity contribution is -0.162. The van der Waals surface area contributed by atoms with Crippen LogP contribution in [0.2, 0.25) is 0 Å². The first-order valence-electron chi connectivity index (χ1n) is 7.98. The first-order valence-corrected chi connectivity index (χ1v) is 7.98. The maximum absolute atomic E-state index is 12.4. The quantitative estimate of drug-likeness (QED) is 0.799. The maximum Gasteiger partial charge on any atom is 0.351 e. The Balaban J connectivity index is 1.60. The number of esters is 1. The smallest absolute Gasteiger partial charge is 0.351 e. The van der Waals surface area contributed by atoms with E-state index >= 15 is 0 Å². The van der Waals surface area contributed by atoms with E-state index in [4.69, 9.17) is 14.2 Å². The van der Waals surface area contributed by atoms with Gasteiger partial charge in [-0.05, 0) is 31.2 Å². The van der Waals surface area contributed by atoms with Crippen LogP contribution in [0.3, 0.4) is 0 Å². The number of ether oxygens (including phenoxy) is 3. The molecule has 0 aliphatic carbocycles. The molecule has 1 aliphatic rings. The van der Waals surface area contributed by atoms with E-state index in [9.17, 15) is 9.59 Å². The minimum absolute atomic E-state index is 0.0469. The lowest BCUT2D eigenvalue weighted by Crippen LogP contribution is -2.43. The number of likely N-dealkylation sites (N-methyl/N-ethyl adjacent to an activating group) is 1. The van der Waals surface area contributed by atoms with Gasteiger partial charge in [-0.2, -0.15) is 0 Å². The first-order chi connectivity index (χ1) is 12.1. The van der Waals surface area contributed by atoms with Crippen molar-refractivity contribution in [2.45, 2.75) is 19.1 Å². The van der Waals surface area contributed by atoms with E-state index < -0.39 is 18.2 Å². The van der Waals surface area contributed by atoms with Crippen LogP contribution in [0.25, 0.3) is 0 Å². The van der Waals surface area contributed by atoms with Gasteiger partial charge in [0.05, 0.1) is 0 Å². The molecule has 2 aromatic carbocycles. The molecule has 6 nitrogen and oxygen atoms in total. The lowest BCUT2D eigenvalue weighted by atomic mass is 10.2. The van der Waals surface area contributed by atoms with Gasteiger partial charge in [-0.15, -0.1) is 0 Å². The lowest BCUT2D eigenvalue weighted by Gasteiger charge is -2.27. The molecule has 1 amide bonds. The molecule has 0 radical (unpaired) electrons. The Kier molecular flexibility index (Phi) is 4.88. The van der Waals surface area contributed by atoms with Crippen LogP contribution in [0.15, 0.2) is 54.6 Å². The summed E-state index contributed by atoms with van der Waals surface area (Å²) in [6.45, 7) is 1.59. The summed E-state index contributed by atoms with van der Waals surface area (Å²) >= 11 is 0. The van der Waals surface area contributed by atoms with Crippen molar-refractivity contribution in [3.05, 3.63) is 54.6 Å². The number of carbonyl (C=O) groups is 2. The molecule has 0 aromatic heterocycles. The van der Waals surface area contributed by atoms with Gasteiger partial charge in [0, 0.05) is 12.7 Å². The molecule has 25 heavy (non-hydrogen) atoms. The van der Waals surface area contributed by atoms with E-state index in [1.807, 2.05) is 36.4 Å². The predicted molar refractivity (Wildman–Crippen MR) is 91.8 cm³/mol. The fourth-order valence-corrected chi connectivity index (χ4v) is 2.49. The monoisotopic (exact) mass is 341 g/mol. The van der Waals surface area contributed by atoms with Crippen LogP contribution in [0, 0.1) is 0 Å². The third-order valence-electron chi connectivity index (χ3n) is 3.89. The van der Waals surface area contributed by atoms with Crippen LogP contribution in [0.4, 0.5) is 5.69 Å². The largest absolute Gasteiger partial charge is 0.485 e. The Bertz CT molecular complexity index is 761. The SMILES string of the molecule is C[C@@H](OC(=O)[C@@H]1COc2ccccc2O1)C(=O)N(C)c1ccccc1. The Hall–Kier alpha value is -3.02. The van der Waals surface area contributed by atoms with Crippen LogP contribution in [0.1, 0.15) is 6.92 Å². The summed E-state index contributed by atoms with van der Waals surface area (Å²) in [5.74, 6) is 0.115. The fourth-order valence-electron chi connectivity index (χ4n) is 2.49. The number of para-hydroxylation sites is 3. The van der Waals surface area contributed by atoms with Crippen molar-refractivity contribution >= 4 is 17.6 Å². The van der Waals surface area contributed by atoms with Crippen LogP contribution in [-0.2, 0) is 14.3 Å². The summed E-state index contributed by atoms with van der Waals surface area (Å²) in [5.41, 5.74) is 0.724. The molecule has 0 saturated carbocycles. The van der Waals surface area contributed by atoms with E-state index in [2.05, 4.69) is 0 Å². The first kappa shape index (κ1) is 16.8. The van der Waals surface area contributed by atoms with Gasteiger partial charge >= 0.3 is 5.97 Å². The van der Waals surface area contributed by atoms with E-state index in [-0.39, 0.29) is 12.5 Å². The highest BCUT2D eigenvalue weighted by atomic mass is 16.6. The summed E-state index contributed by atoms with van der Waals surface area (Å²) in [6, 6.07) is 16.2. The Morgan fingerprint density at radius 1 is 1.08 bits per heavy atom. The van der Waals surface area contributed by atoms with Gasteiger partial charge in [-0.25, -0.2) is 4.79 Å². The third kappa shape index (κ3) is 3.74. The van der Waals surface area contributed by atoms with E-state index in [1.54, 1.807) is 25.2 Å². The molecule has 3 rings (SSSR count). The molecule has 0 N–H and O–H groups in total. The zero-order valence-corrected chi connectivity index (χ0v) is 14.0. The number of rotatable bonds is 4. The number of amides is 1. The molecule has 130 valence electrons. The van der Waals surface area contributed by atoms with Crippen molar-refractivity contribution in [2.75, 3.05) is 18.6 Å². The highest BCUT2D eigenvalue weighted by Gasteiger charge is 2.32. The summed E-state index contributed by atoms with van der Waals surface area (Å²) < 4.78 is 16.4. The van der Waals surface area contributed by atoms with Gasteiger partial charge < -0.3 is 19.1 Å². The van der Waals surface area contributed by atoms with Crippen molar-refractivity contribution in [3.8, 4) is 11.5 Å². The average molecular weight is 341 g/mol. The second-order valence-corrected chi connectivity index (χ2v) is 5.68. The second kappa shape index (κ2) is 7.25. The van der Waals surface area contributed by atoms with Crippen molar-refractivity contribution in [1.29, 1.82) is 0 Å². The number of anilines is 1. The van der Waals surface area contributed by atoms with E-state index in [1.165, 1.54) is 11.8 Å². The molecular formula is C19H19NO5. The van der Waals surface area contributed by atoms with Gasteiger partial charge in [-0.1, -0.05) is 30.3 Å². The van der Waals surface area contributed by atoms with Crippen molar-refractivity contribution in [2.24, 2.45) is 0 Å². The zero-order valence-electron chi connectivity index (χ0n) is 14.0. The number of hydrogen-bond donors (Lipinski definition) is 0. The summed E-state index contributed by atoms with van der Waals surface area (Å²) in [6.07, 6.45) is -1.83. The van der Waals surface area contributed by atoms with Gasteiger partial charge in [-0.3, -0.25) is 4.79 Å². The van der Waals surface area contributed by atoms with Crippen LogP contribution < -0.4 is 14.4 Å². The standard InChI is InChI=1S/C19H19NO5/c1-13(18(21)20(2)14-8-4-3-5-9-14)24-19(22)17-12-23-15-10-6-7-11-16(15)25-17/h3-11,13,17H,12H2,1-2H3/t13-,17+/m1/s1. The normalized spacial score (nSPS) is 16.6. The number of nitrogens with zero attached hydrogens (tertiary/aromatic N) is 1. The molecule has 0 spiro atoms. The zero-order chi connectivity index (χ0) is 17.8. The molecule has 2 atom stereocenters. The fraction of sp³-hybridized carbons (Fsp3) is 0.263. The summed E-state index contributed by atoms with van der Waals surface area (Å²) in [5, 5.41) is 0. The molecule has 2 aromatic rings. The molecule has 1 heterocycles. The highest BCUT2D eigenvalue weighted by molar-refractivity contribution is 5.97. The predicted octanol–water partition coefficient (Wildman–Crippen LogP) is 2.42. The summed E-state index contributed by atoms with van der Waals surface area (Å²) in [4.78, 5) is 26.2. The Morgan fingerprint density at radius 3 is 2.44 bits per heavy atom. The molecule has 0 saturated heterocycles. The van der Waals surface area contributed by atoms with Gasteiger partial charge in [0.2, 0.25) is 6.10 Å². The number of fused-ring (bicyclic) bond motifs is 1.